The number of hydrogen-bond donors (Lipinski definition) is 0. The Balaban J connectivity index is 1.29. The van der Waals surface area contributed by atoms with Gasteiger partial charge in [0.2, 0.25) is 0 Å². The second-order valence-corrected chi connectivity index (χ2v) is 11.8. The average Bonchev–Trinajstić information content (AvgIpc) is 3.46. The molecular formula is C42H29N5. The summed E-state index contributed by atoms with van der Waals surface area (Å²) in [6, 6.07) is 50.2. The van der Waals surface area contributed by atoms with E-state index in [1.165, 1.54) is 21.8 Å². The molecular weight excluding hydrogens is 574 g/mol. The maximum Gasteiger partial charge on any atom is 0.0973 e. The van der Waals surface area contributed by atoms with Crippen LogP contribution in [0.4, 0.5) is 0 Å². The van der Waals surface area contributed by atoms with E-state index in [1.54, 1.807) is 0 Å². The van der Waals surface area contributed by atoms with Crippen molar-refractivity contribution in [2.75, 3.05) is 0 Å². The zero-order valence-electron chi connectivity index (χ0n) is 25.8. The fourth-order valence-electron chi connectivity index (χ4n) is 6.74. The maximum atomic E-state index is 5.19. The lowest BCUT2D eigenvalue weighted by Gasteiger charge is -2.11. The molecule has 222 valence electrons. The van der Waals surface area contributed by atoms with Crippen LogP contribution in [0.1, 0.15) is 6.92 Å². The fourth-order valence-corrected chi connectivity index (χ4v) is 6.74. The highest BCUT2D eigenvalue weighted by Crippen LogP contribution is 2.39. The minimum absolute atomic E-state index is 0.856. The summed E-state index contributed by atoms with van der Waals surface area (Å²) in [6.45, 7) is 3.06. The molecule has 5 nitrogen and oxygen atoms in total. The van der Waals surface area contributed by atoms with Crippen molar-refractivity contribution < 1.29 is 0 Å². The standard InChI is InChI=1S/C42H29N5/c1-2-47-37-23-21-29(41-39(27-13-5-3-6-14-27)43-33-17-9-11-19-35(33)45-41)25-31(37)32-26-30(22-24-38(32)47)42-40(28-15-7-4-8-16-28)44-34-18-10-12-20-36(34)46-42/h3-26H,2H2,1H3. The lowest BCUT2D eigenvalue weighted by molar-refractivity contribution is 0.827. The molecule has 5 heteroatoms. The van der Waals surface area contributed by atoms with Crippen LogP contribution in [0.3, 0.4) is 0 Å². The molecule has 0 aliphatic carbocycles. The first-order valence-electron chi connectivity index (χ1n) is 16.0. The van der Waals surface area contributed by atoms with Crippen molar-refractivity contribution in [3.63, 3.8) is 0 Å². The molecule has 0 saturated heterocycles. The Bertz CT molecular complexity index is 2430. The first-order chi connectivity index (χ1) is 23.2. The molecule has 47 heavy (non-hydrogen) atoms. The predicted molar refractivity (Wildman–Crippen MR) is 193 cm³/mol. The van der Waals surface area contributed by atoms with E-state index in [2.05, 4.69) is 96.4 Å². The molecule has 0 bridgehead atoms. The zero-order valence-corrected chi connectivity index (χ0v) is 25.8. The van der Waals surface area contributed by atoms with E-state index in [1.807, 2.05) is 60.7 Å². The molecule has 0 N–H and O–H groups in total. The first kappa shape index (κ1) is 27.1. The van der Waals surface area contributed by atoms with Gasteiger partial charge in [0.05, 0.1) is 44.8 Å². The van der Waals surface area contributed by atoms with Gasteiger partial charge in [-0.25, -0.2) is 19.9 Å². The van der Waals surface area contributed by atoms with E-state index in [9.17, 15) is 0 Å². The molecule has 0 fully saturated rings. The molecule has 0 saturated carbocycles. The molecule has 0 atom stereocenters. The highest BCUT2D eigenvalue weighted by atomic mass is 15.0. The third-order valence-corrected chi connectivity index (χ3v) is 8.96. The third kappa shape index (κ3) is 4.55. The van der Waals surface area contributed by atoms with Crippen LogP contribution in [-0.4, -0.2) is 24.5 Å². The van der Waals surface area contributed by atoms with Gasteiger partial charge >= 0.3 is 0 Å². The molecule has 9 aromatic rings. The van der Waals surface area contributed by atoms with Gasteiger partial charge in [0.1, 0.15) is 0 Å². The largest absolute Gasteiger partial charge is 0.341 e. The van der Waals surface area contributed by atoms with E-state index in [4.69, 9.17) is 19.9 Å². The van der Waals surface area contributed by atoms with E-state index in [0.29, 0.717) is 0 Å². The van der Waals surface area contributed by atoms with Crippen LogP contribution in [0.5, 0.6) is 0 Å². The van der Waals surface area contributed by atoms with Gasteiger partial charge in [0.25, 0.3) is 0 Å². The van der Waals surface area contributed by atoms with Crippen LogP contribution in [0, 0.1) is 0 Å². The second kappa shape index (κ2) is 11.0. The molecule has 9 rings (SSSR count). The summed E-state index contributed by atoms with van der Waals surface area (Å²) in [5.41, 5.74) is 13.5. The maximum absolute atomic E-state index is 5.19. The van der Waals surface area contributed by atoms with Crippen molar-refractivity contribution in [2.24, 2.45) is 0 Å². The lowest BCUT2D eigenvalue weighted by atomic mass is 9.99. The summed E-state index contributed by atoms with van der Waals surface area (Å²) in [7, 11) is 0. The summed E-state index contributed by atoms with van der Waals surface area (Å²) in [6.07, 6.45) is 0. The van der Waals surface area contributed by atoms with Crippen molar-refractivity contribution in [2.45, 2.75) is 13.5 Å². The monoisotopic (exact) mass is 603 g/mol. The van der Waals surface area contributed by atoms with Crippen molar-refractivity contribution in [3.8, 4) is 45.0 Å². The highest BCUT2D eigenvalue weighted by molar-refractivity contribution is 6.11. The predicted octanol–water partition coefficient (Wildman–Crippen LogP) is 10.4. The summed E-state index contributed by atoms with van der Waals surface area (Å²) < 4.78 is 2.38. The van der Waals surface area contributed by atoms with Crippen LogP contribution in [0.2, 0.25) is 0 Å². The van der Waals surface area contributed by atoms with Crippen molar-refractivity contribution in [1.82, 2.24) is 24.5 Å². The number of nitrogens with zero attached hydrogens (tertiary/aromatic N) is 5. The van der Waals surface area contributed by atoms with Gasteiger partial charge in [-0.15, -0.1) is 0 Å². The van der Waals surface area contributed by atoms with Crippen LogP contribution >= 0.6 is 0 Å². The number of aromatic nitrogens is 5. The summed E-state index contributed by atoms with van der Waals surface area (Å²) in [5, 5.41) is 2.34. The molecule has 0 amide bonds. The minimum Gasteiger partial charge on any atom is -0.341 e. The zero-order chi connectivity index (χ0) is 31.3. The Kier molecular flexibility index (Phi) is 6.35. The Labute approximate surface area is 271 Å². The van der Waals surface area contributed by atoms with Gasteiger partial charge in [-0.3, -0.25) is 0 Å². The quantitative estimate of drug-likeness (QED) is 0.196. The molecule has 0 spiro atoms. The fraction of sp³-hybridized carbons (Fsp3) is 0.0476. The van der Waals surface area contributed by atoms with E-state index in [0.717, 1.165) is 73.6 Å². The van der Waals surface area contributed by atoms with E-state index >= 15 is 0 Å². The number of hydrogen-bond acceptors (Lipinski definition) is 4. The Morgan fingerprint density at radius 2 is 0.723 bits per heavy atom. The van der Waals surface area contributed by atoms with Crippen LogP contribution in [-0.2, 0) is 6.54 Å². The number of aryl methyl sites for hydroxylation is 1. The molecule has 6 aromatic carbocycles. The first-order valence-corrected chi connectivity index (χ1v) is 16.0. The van der Waals surface area contributed by atoms with Gasteiger partial charge < -0.3 is 4.57 Å². The molecule has 0 unspecified atom stereocenters. The van der Waals surface area contributed by atoms with Crippen molar-refractivity contribution in [1.29, 1.82) is 0 Å². The highest BCUT2D eigenvalue weighted by Gasteiger charge is 2.19. The van der Waals surface area contributed by atoms with Gasteiger partial charge in [-0.2, -0.15) is 0 Å². The molecule has 0 aliphatic heterocycles. The number of fused-ring (bicyclic) bond motifs is 5. The van der Waals surface area contributed by atoms with Crippen LogP contribution < -0.4 is 0 Å². The van der Waals surface area contributed by atoms with Crippen LogP contribution in [0.15, 0.2) is 146 Å². The van der Waals surface area contributed by atoms with Crippen molar-refractivity contribution >= 4 is 43.9 Å². The van der Waals surface area contributed by atoms with Crippen molar-refractivity contribution in [3.05, 3.63) is 146 Å². The average molecular weight is 604 g/mol. The minimum atomic E-state index is 0.856. The summed E-state index contributed by atoms with van der Waals surface area (Å²) >= 11 is 0. The molecule has 0 aliphatic rings. The normalized spacial score (nSPS) is 11.6. The molecule has 3 aromatic heterocycles. The Hall–Kier alpha value is -6.20. The van der Waals surface area contributed by atoms with E-state index in [-0.39, 0.29) is 0 Å². The van der Waals surface area contributed by atoms with E-state index < -0.39 is 0 Å². The SMILES string of the molecule is CCn1c2ccc(-c3nc4ccccc4nc3-c3ccccc3)cc2c2cc(-c3nc4ccccc4nc3-c3ccccc3)ccc21. The smallest absolute Gasteiger partial charge is 0.0973 e. The van der Waals surface area contributed by atoms with Gasteiger partial charge in [-0.05, 0) is 55.5 Å². The summed E-state index contributed by atoms with van der Waals surface area (Å²) in [4.78, 5) is 20.6. The number of rotatable bonds is 5. The van der Waals surface area contributed by atoms with Gasteiger partial charge in [-0.1, -0.05) is 97.1 Å². The lowest BCUT2D eigenvalue weighted by Crippen LogP contribution is -1.96. The number of benzene rings is 6. The van der Waals surface area contributed by atoms with Gasteiger partial charge in [0.15, 0.2) is 0 Å². The second-order valence-electron chi connectivity index (χ2n) is 11.8. The molecule has 3 heterocycles. The van der Waals surface area contributed by atoms with Gasteiger partial charge in [0, 0.05) is 50.6 Å². The topological polar surface area (TPSA) is 56.5 Å². The Morgan fingerprint density at radius 1 is 0.383 bits per heavy atom. The summed E-state index contributed by atoms with van der Waals surface area (Å²) in [5.74, 6) is 0. The van der Waals surface area contributed by atoms with Crippen LogP contribution in [0.25, 0.3) is 88.9 Å². The molecule has 0 radical (unpaired) electrons. The Morgan fingerprint density at radius 3 is 1.09 bits per heavy atom. The number of para-hydroxylation sites is 4. The third-order valence-electron chi connectivity index (χ3n) is 8.96.